The predicted molar refractivity (Wildman–Crippen MR) is 121 cm³/mol. The zero-order chi connectivity index (χ0) is 21.8. The number of rotatable bonds is 5. The first-order valence-electron chi connectivity index (χ1n) is 9.90. The van der Waals surface area contributed by atoms with Crippen LogP contribution in [0.3, 0.4) is 0 Å². The molecule has 2 N–H and O–H groups in total. The molecule has 0 bridgehead atoms. The standard InChI is InChI=1S/C23H21ClFN3O2S/c24-18-12-17(7-8-19(18)25)27-23(30)22(29)26-13-20(21-6-3-11-31-21)28-10-9-15-4-1-2-5-16(15)14-28/h1-8,11-12,20H,9-10,13-14H2,(H,26,29)(H,27,30)/t20-/m0/s1. The van der Waals surface area contributed by atoms with Gasteiger partial charge in [0.15, 0.2) is 0 Å². The van der Waals surface area contributed by atoms with E-state index >= 15 is 0 Å². The van der Waals surface area contributed by atoms with Crippen LogP contribution in [0.4, 0.5) is 10.1 Å². The zero-order valence-electron chi connectivity index (χ0n) is 16.6. The van der Waals surface area contributed by atoms with Gasteiger partial charge in [0.25, 0.3) is 0 Å². The van der Waals surface area contributed by atoms with Crippen molar-refractivity contribution in [2.24, 2.45) is 0 Å². The highest BCUT2D eigenvalue weighted by Gasteiger charge is 2.26. The topological polar surface area (TPSA) is 61.4 Å². The maximum Gasteiger partial charge on any atom is 0.313 e. The lowest BCUT2D eigenvalue weighted by Crippen LogP contribution is -2.43. The quantitative estimate of drug-likeness (QED) is 0.558. The van der Waals surface area contributed by atoms with Crippen molar-refractivity contribution in [3.63, 3.8) is 0 Å². The van der Waals surface area contributed by atoms with Gasteiger partial charge in [0, 0.05) is 30.2 Å². The van der Waals surface area contributed by atoms with Gasteiger partial charge in [0.1, 0.15) is 5.82 Å². The minimum Gasteiger partial charge on any atom is -0.346 e. The first-order valence-corrected chi connectivity index (χ1v) is 11.2. The maximum atomic E-state index is 13.3. The first kappa shape index (κ1) is 21.5. The van der Waals surface area contributed by atoms with Crippen molar-refractivity contribution in [1.29, 1.82) is 0 Å². The van der Waals surface area contributed by atoms with Crippen LogP contribution in [0.5, 0.6) is 0 Å². The molecule has 0 saturated heterocycles. The van der Waals surface area contributed by atoms with Gasteiger partial charge in [-0.15, -0.1) is 11.3 Å². The number of hydrogen-bond donors (Lipinski definition) is 2. The Hall–Kier alpha value is -2.74. The monoisotopic (exact) mass is 457 g/mol. The van der Waals surface area contributed by atoms with Crippen LogP contribution in [0.25, 0.3) is 0 Å². The Bertz CT molecular complexity index is 1090. The SMILES string of the molecule is O=C(NC[C@@H](c1cccs1)N1CCc2ccccc2C1)C(=O)Nc1ccc(F)c(Cl)c1. The normalized spacial score (nSPS) is 14.5. The van der Waals surface area contributed by atoms with Crippen molar-refractivity contribution in [2.45, 2.75) is 19.0 Å². The Morgan fingerprint density at radius 2 is 1.90 bits per heavy atom. The fraction of sp³-hybridized carbons (Fsp3) is 0.217. The van der Waals surface area contributed by atoms with E-state index in [1.165, 1.54) is 23.3 Å². The number of nitrogens with zero attached hydrogens (tertiary/aromatic N) is 1. The second-order valence-electron chi connectivity index (χ2n) is 7.31. The summed E-state index contributed by atoms with van der Waals surface area (Å²) in [4.78, 5) is 28.1. The van der Waals surface area contributed by atoms with Gasteiger partial charge in [-0.1, -0.05) is 41.9 Å². The molecule has 1 atom stereocenters. The van der Waals surface area contributed by atoms with Crippen molar-refractivity contribution in [1.82, 2.24) is 10.2 Å². The highest BCUT2D eigenvalue weighted by molar-refractivity contribution is 7.10. The van der Waals surface area contributed by atoms with E-state index in [-0.39, 0.29) is 16.8 Å². The average molecular weight is 458 g/mol. The van der Waals surface area contributed by atoms with Crippen LogP contribution in [0.2, 0.25) is 5.02 Å². The summed E-state index contributed by atoms with van der Waals surface area (Å²) in [6, 6.07) is 16.1. The van der Waals surface area contributed by atoms with Crippen molar-refractivity contribution in [2.75, 3.05) is 18.4 Å². The van der Waals surface area contributed by atoms with Crippen LogP contribution in [-0.2, 0) is 22.6 Å². The van der Waals surface area contributed by atoms with Gasteiger partial charge in [-0.2, -0.15) is 0 Å². The fourth-order valence-electron chi connectivity index (χ4n) is 3.71. The Morgan fingerprint density at radius 1 is 1.10 bits per heavy atom. The highest BCUT2D eigenvalue weighted by Crippen LogP contribution is 2.30. The number of carbonyl (C=O) groups is 2. The Balaban J connectivity index is 1.41. The van der Waals surface area contributed by atoms with Gasteiger partial charge < -0.3 is 10.6 Å². The summed E-state index contributed by atoms with van der Waals surface area (Å²) in [5.74, 6) is -2.16. The molecule has 0 spiro atoms. The van der Waals surface area contributed by atoms with E-state index in [0.717, 1.165) is 30.5 Å². The molecule has 160 valence electrons. The molecule has 0 unspecified atom stereocenters. The summed E-state index contributed by atoms with van der Waals surface area (Å²) >= 11 is 7.36. The summed E-state index contributed by atoms with van der Waals surface area (Å²) in [6.45, 7) is 1.96. The third-order valence-corrected chi connectivity index (χ3v) is 6.58. The predicted octanol–water partition coefficient (Wildman–Crippen LogP) is 4.39. The summed E-state index contributed by atoms with van der Waals surface area (Å²) in [5, 5.41) is 7.08. The van der Waals surface area contributed by atoms with Gasteiger partial charge in [-0.05, 0) is 47.2 Å². The molecule has 3 aromatic rings. The van der Waals surface area contributed by atoms with Crippen molar-refractivity contribution in [3.05, 3.63) is 86.8 Å². The van der Waals surface area contributed by atoms with E-state index in [1.807, 2.05) is 23.6 Å². The van der Waals surface area contributed by atoms with E-state index in [1.54, 1.807) is 11.3 Å². The van der Waals surface area contributed by atoms with Gasteiger partial charge in [0.2, 0.25) is 0 Å². The van der Waals surface area contributed by atoms with E-state index < -0.39 is 17.6 Å². The molecule has 0 saturated carbocycles. The molecule has 2 amide bonds. The lowest BCUT2D eigenvalue weighted by molar-refractivity contribution is -0.136. The van der Waals surface area contributed by atoms with E-state index in [2.05, 4.69) is 33.7 Å². The van der Waals surface area contributed by atoms with Gasteiger partial charge >= 0.3 is 11.8 Å². The minimum absolute atomic E-state index is 0.0367. The van der Waals surface area contributed by atoms with Gasteiger partial charge in [0.05, 0.1) is 11.1 Å². The molecule has 0 fully saturated rings. The highest BCUT2D eigenvalue weighted by atomic mass is 35.5. The van der Waals surface area contributed by atoms with Crippen molar-refractivity contribution < 1.29 is 14.0 Å². The molecule has 2 aromatic carbocycles. The summed E-state index contributed by atoms with van der Waals surface area (Å²) in [6.07, 6.45) is 0.942. The number of amides is 2. The fourth-order valence-corrected chi connectivity index (χ4v) is 4.75. The summed E-state index contributed by atoms with van der Waals surface area (Å²) < 4.78 is 13.3. The number of fused-ring (bicyclic) bond motifs is 1. The van der Waals surface area contributed by atoms with Crippen LogP contribution in [-0.4, -0.2) is 29.8 Å². The lowest BCUT2D eigenvalue weighted by atomic mass is 9.98. The van der Waals surface area contributed by atoms with Crippen molar-refractivity contribution in [3.8, 4) is 0 Å². The van der Waals surface area contributed by atoms with Gasteiger partial charge in [-0.3, -0.25) is 14.5 Å². The summed E-state index contributed by atoms with van der Waals surface area (Å²) in [5.41, 5.74) is 2.90. The first-order chi connectivity index (χ1) is 15.0. The molecule has 1 aliphatic rings. The molecule has 0 aliphatic carbocycles. The molecule has 1 aliphatic heterocycles. The van der Waals surface area contributed by atoms with Crippen LogP contribution in [0, 0.1) is 5.82 Å². The molecule has 8 heteroatoms. The van der Waals surface area contributed by atoms with Crippen molar-refractivity contribution >= 4 is 40.4 Å². The number of nitrogens with one attached hydrogen (secondary N) is 2. The van der Waals surface area contributed by atoms with Crippen LogP contribution >= 0.6 is 22.9 Å². The molecule has 0 radical (unpaired) electrons. The average Bonchev–Trinajstić information content (AvgIpc) is 3.31. The number of anilines is 1. The third kappa shape index (κ3) is 5.12. The molecule has 31 heavy (non-hydrogen) atoms. The largest absolute Gasteiger partial charge is 0.346 e. The second-order valence-corrected chi connectivity index (χ2v) is 8.70. The molecular weight excluding hydrogens is 437 g/mol. The zero-order valence-corrected chi connectivity index (χ0v) is 18.2. The maximum absolute atomic E-state index is 13.3. The van der Waals surface area contributed by atoms with E-state index in [0.29, 0.717) is 6.54 Å². The number of halogens is 2. The number of thiophene rings is 1. The third-order valence-electron chi connectivity index (χ3n) is 5.31. The second kappa shape index (κ2) is 9.60. The Morgan fingerprint density at radius 3 is 2.65 bits per heavy atom. The number of benzene rings is 2. The van der Waals surface area contributed by atoms with Gasteiger partial charge in [-0.25, -0.2) is 4.39 Å². The van der Waals surface area contributed by atoms with E-state index in [9.17, 15) is 14.0 Å². The molecular formula is C23H21ClFN3O2S. The smallest absolute Gasteiger partial charge is 0.313 e. The molecule has 5 nitrogen and oxygen atoms in total. The lowest BCUT2D eigenvalue weighted by Gasteiger charge is -2.35. The minimum atomic E-state index is -0.823. The Labute approximate surface area is 188 Å². The number of carbonyl (C=O) groups excluding carboxylic acids is 2. The van der Waals surface area contributed by atoms with E-state index in [4.69, 9.17) is 11.6 Å². The van der Waals surface area contributed by atoms with Crippen LogP contribution in [0.1, 0.15) is 22.0 Å². The molecule has 2 heterocycles. The Kier molecular flexibility index (Phi) is 6.65. The van der Waals surface area contributed by atoms with Crippen LogP contribution < -0.4 is 10.6 Å². The summed E-state index contributed by atoms with van der Waals surface area (Å²) in [7, 11) is 0. The molecule has 4 rings (SSSR count). The van der Waals surface area contributed by atoms with Crippen LogP contribution in [0.15, 0.2) is 60.0 Å². The molecule has 1 aromatic heterocycles. The number of hydrogen-bond acceptors (Lipinski definition) is 4.